The second-order valence-corrected chi connectivity index (χ2v) is 7.70. The van der Waals surface area contributed by atoms with Gasteiger partial charge in [-0.15, -0.1) is 6.58 Å². The Hall–Kier alpha value is -2.60. The highest BCUT2D eigenvalue weighted by molar-refractivity contribution is 5.89. The van der Waals surface area contributed by atoms with Gasteiger partial charge in [0, 0.05) is 31.4 Å². The van der Waals surface area contributed by atoms with Gasteiger partial charge in [0.15, 0.2) is 0 Å². The fourth-order valence-electron chi connectivity index (χ4n) is 4.82. The Labute approximate surface area is 164 Å². The van der Waals surface area contributed by atoms with Crippen LogP contribution in [0.4, 0.5) is 0 Å². The van der Waals surface area contributed by atoms with E-state index in [-0.39, 0.29) is 18.3 Å². The van der Waals surface area contributed by atoms with E-state index < -0.39 is 11.5 Å². The predicted octanol–water partition coefficient (Wildman–Crippen LogP) is 2.97. The second-order valence-electron chi connectivity index (χ2n) is 7.70. The summed E-state index contributed by atoms with van der Waals surface area (Å²) in [5, 5.41) is 1.11. The van der Waals surface area contributed by atoms with Crippen molar-refractivity contribution < 1.29 is 18.7 Å². The number of piperidine rings is 1. The summed E-state index contributed by atoms with van der Waals surface area (Å²) in [7, 11) is 1.40. The number of carbonyl (C=O) groups is 2. The van der Waals surface area contributed by atoms with Crippen LogP contribution in [0.2, 0.25) is 0 Å². The molecule has 4 rings (SSSR count). The fraction of sp³-hybridized carbons (Fsp3) is 0.455. The molecular formula is C22H26N2O4. The molecule has 2 aliphatic heterocycles. The average Bonchev–Trinajstić information content (AvgIpc) is 3.23. The first-order valence-electron chi connectivity index (χ1n) is 9.76. The Bertz CT molecular complexity index is 862. The van der Waals surface area contributed by atoms with E-state index in [4.69, 9.17) is 9.15 Å². The van der Waals surface area contributed by atoms with Crippen molar-refractivity contribution in [1.29, 1.82) is 0 Å². The maximum Gasteiger partial charge on any atom is 0.311 e. The Balaban J connectivity index is 1.50. The van der Waals surface area contributed by atoms with Crippen LogP contribution in [0.3, 0.4) is 0 Å². The molecule has 1 spiro atoms. The molecule has 2 aliphatic rings. The van der Waals surface area contributed by atoms with E-state index in [1.165, 1.54) is 7.11 Å². The molecule has 1 unspecified atom stereocenters. The van der Waals surface area contributed by atoms with Gasteiger partial charge in [0.1, 0.15) is 11.3 Å². The monoisotopic (exact) mass is 382 g/mol. The van der Waals surface area contributed by atoms with Crippen molar-refractivity contribution in [3.05, 3.63) is 48.7 Å². The minimum Gasteiger partial charge on any atom is -0.469 e. The quantitative estimate of drug-likeness (QED) is 0.588. The highest BCUT2D eigenvalue weighted by atomic mass is 16.5. The van der Waals surface area contributed by atoms with E-state index in [0.717, 1.165) is 49.2 Å². The predicted molar refractivity (Wildman–Crippen MR) is 105 cm³/mol. The zero-order chi connectivity index (χ0) is 19.7. The van der Waals surface area contributed by atoms with Gasteiger partial charge >= 0.3 is 5.97 Å². The van der Waals surface area contributed by atoms with Gasteiger partial charge in [-0.05, 0) is 25.0 Å². The molecule has 2 aromatic rings. The van der Waals surface area contributed by atoms with Crippen LogP contribution >= 0.6 is 0 Å². The number of hydrogen-bond acceptors (Lipinski definition) is 5. The van der Waals surface area contributed by atoms with Crippen LogP contribution in [0.1, 0.15) is 25.0 Å². The molecule has 2 fully saturated rings. The molecule has 6 nitrogen and oxygen atoms in total. The van der Waals surface area contributed by atoms with Gasteiger partial charge in [0.25, 0.3) is 0 Å². The molecule has 0 aliphatic carbocycles. The summed E-state index contributed by atoms with van der Waals surface area (Å²) in [5.74, 6) is 0.261. The van der Waals surface area contributed by atoms with Gasteiger partial charge in [0.2, 0.25) is 5.91 Å². The molecule has 148 valence electrons. The molecule has 0 saturated carbocycles. The lowest BCUT2D eigenvalue weighted by molar-refractivity contribution is -0.150. The maximum atomic E-state index is 12.6. The lowest BCUT2D eigenvalue weighted by Gasteiger charge is -2.46. The molecule has 28 heavy (non-hydrogen) atoms. The van der Waals surface area contributed by atoms with Crippen molar-refractivity contribution >= 4 is 22.8 Å². The smallest absolute Gasteiger partial charge is 0.311 e. The van der Waals surface area contributed by atoms with E-state index in [9.17, 15) is 9.59 Å². The normalized spacial score (nSPS) is 22.1. The molecular weight excluding hydrogens is 356 g/mol. The van der Waals surface area contributed by atoms with Gasteiger partial charge in [-0.1, -0.05) is 24.3 Å². The number of furan rings is 1. The highest BCUT2D eigenvalue weighted by Gasteiger charge is 2.56. The van der Waals surface area contributed by atoms with Crippen molar-refractivity contribution in [3.63, 3.8) is 0 Å². The first-order valence-corrected chi connectivity index (χ1v) is 9.76. The Kier molecular flexibility index (Phi) is 4.98. The molecule has 0 radical (unpaired) electrons. The number of amides is 1. The maximum absolute atomic E-state index is 12.6. The van der Waals surface area contributed by atoms with Crippen LogP contribution in [-0.2, 0) is 20.9 Å². The van der Waals surface area contributed by atoms with Crippen molar-refractivity contribution in [2.45, 2.75) is 31.3 Å². The van der Waals surface area contributed by atoms with Crippen LogP contribution in [-0.4, -0.2) is 54.0 Å². The number of fused-ring (bicyclic) bond motifs is 1. The SMILES string of the molecule is C=CCN1C(=O)CC(C(=O)OC)C12CCN(Cc1cc3ccccc3o1)CC2. The topological polar surface area (TPSA) is 63.0 Å². The summed E-state index contributed by atoms with van der Waals surface area (Å²) in [6.07, 6.45) is 3.45. The van der Waals surface area contributed by atoms with Gasteiger partial charge in [-0.3, -0.25) is 14.5 Å². The standard InChI is InChI=1S/C22H26N2O4/c1-3-10-24-20(25)14-18(21(26)27-2)22(24)8-11-23(12-9-22)15-17-13-16-6-4-5-7-19(16)28-17/h3-7,13,18H,1,8-12,14-15H2,2H3. The first-order chi connectivity index (χ1) is 13.6. The second kappa shape index (κ2) is 7.43. The van der Waals surface area contributed by atoms with Crippen molar-refractivity contribution in [1.82, 2.24) is 9.80 Å². The van der Waals surface area contributed by atoms with E-state index in [2.05, 4.69) is 17.5 Å². The molecule has 0 N–H and O–H groups in total. The number of benzene rings is 1. The number of para-hydroxylation sites is 1. The molecule has 6 heteroatoms. The third kappa shape index (κ3) is 3.11. The lowest BCUT2D eigenvalue weighted by atomic mass is 9.76. The number of carbonyl (C=O) groups excluding carboxylic acids is 2. The Morgan fingerprint density at radius 2 is 2.11 bits per heavy atom. The Morgan fingerprint density at radius 1 is 1.36 bits per heavy atom. The number of nitrogens with zero attached hydrogens (tertiary/aromatic N) is 2. The van der Waals surface area contributed by atoms with Crippen LogP contribution in [0.5, 0.6) is 0 Å². The van der Waals surface area contributed by atoms with Crippen LogP contribution in [0, 0.1) is 5.92 Å². The van der Waals surface area contributed by atoms with Crippen molar-refractivity contribution in [3.8, 4) is 0 Å². The average molecular weight is 382 g/mol. The zero-order valence-corrected chi connectivity index (χ0v) is 16.2. The van der Waals surface area contributed by atoms with Gasteiger partial charge in [-0.25, -0.2) is 0 Å². The minimum absolute atomic E-state index is 0.0148. The molecule has 1 atom stereocenters. The summed E-state index contributed by atoms with van der Waals surface area (Å²) in [4.78, 5) is 29.2. The molecule has 1 amide bonds. The molecule has 1 aromatic carbocycles. The summed E-state index contributed by atoms with van der Waals surface area (Å²) in [5.41, 5.74) is 0.429. The first kappa shape index (κ1) is 18.7. The van der Waals surface area contributed by atoms with E-state index in [1.807, 2.05) is 29.2 Å². The number of esters is 1. The zero-order valence-electron chi connectivity index (χ0n) is 16.2. The number of methoxy groups -OCH3 is 1. The van der Waals surface area contributed by atoms with Crippen molar-refractivity contribution in [2.24, 2.45) is 5.92 Å². The molecule has 3 heterocycles. The van der Waals surface area contributed by atoms with E-state index in [1.54, 1.807) is 6.08 Å². The summed E-state index contributed by atoms with van der Waals surface area (Å²) >= 11 is 0. The minimum atomic E-state index is -0.469. The van der Waals surface area contributed by atoms with E-state index >= 15 is 0 Å². The van der Waals surface area contributed by atoms with Gasteiger partial charge in [0.05, 0.1) is 25.1 Å². The van der Waals surface area contributed by atoms with Gasteiger partial charge < -0.3 is 14.1 Å². The molecule has 1 aromatic heterocycles. The number of hydrogen-bond donors (Lipinski definition) is 0. The van der Waals surface area contributed by atoms with Crippen molar-refractivity contribution in [2.75, 3.05) is 26.7 Å². The van der Waals surface area contributed by atoms with E-state index in [0.29, 0.717) is 6.54 Å². The largest absolute Gasteiger partial charge is 0.469 e. The number of rotatable bonds is 5. The molecule has 0 bridgehead atoms. The molecule has 2 saturated heterocycles. The van der Waals surface area contributed by atoms with Gasteiger partial charge in [-0.2, -0.15) is 0 Å². The number of likely N-dealkylation sites (tertiary alicyclic amines) is 2. The fourth-order valence-corrected chi connectivity index (χ4v) is 4.82. The Morgan fingerprint density at radius 3 is 2.79 bits per heavy atom. The third-order valence-electron chi connectivity index (χ3n) is 6.24. The summed E-state index contributed by atoms with van der Waals surface area (Å²) in [6, 6.07) is 10.1. The lowest BCUT2D eigenvalue weighted by Crippen LogP contribution is -2.57. The van der Waals surface area contributed by atoms with Crippen LogP contribution in [0.25, 0.3) is 11.0 Å². The summed E-state index contributed by atoms with van der Waals surface area (Å²) < 4.78 is 11.0. The number of ether oxygens (including phenoxy) is 1. The highest BCUT2D eigenvalue weighted by Crippen LogP contribution is 2.44. The van der Waals surface area contributed by atoms with Crippen LogP contribution < -0.4 is 0 Å². The van der Waals surface area contributed by atoms with Crippen LogP contribution in [0.15, 0.2) is 47.4 Å². The third-order valence-corrected chi connectivity index (χ3v) is 6.24. The summed E-state index contributed by atoms with van der Waals surface area (Å²) in [6.45, 7) is 6.57.